The standard InChI is InChI=1S/C20H20F2N8O3S2/c1-12(31)28-4-6-29(7-5-28)15-8-13(35(32,33)27-20(11-23)2-3-20)9-16-14(15)10-24-30(16)19-26-25-18(34-19)17(21)22/h8-10,17,27H,2-7H2,1H3. The topological polar surface area (TPSA) is 137 Å². The second-order valence-corrected chi connectivity index (χ2v) is 11.1. The zero-order chi connectivity index (χ0) is 25.0. The minimum absolute atomic E-state index is 0.0412. The lowest BCUT2D eigenvalue weighted by Gasteiger charge is -2.36. The number of rotatable bonds is 6. The molecule has 1 aliphatic heterocycles. The predicted molar refractivity (Wildman–Crippen MR) is 122 cm³/mol. The van der Waals surface area contributed by atoms with Crippen molar-refractivity contribution in [3.05, 3.63) is 23.3 Å². The highest BCUT2D eigenvalue weighted by molar-refractivity contribution is 7.89. The molecule has 1 amide bonds. The number of piperazine rings is 1. The molecule has 0 unspecified atom stereocenters. The Bertz CT molecular complexity index is 1450. The van der Waals surface area contributed by atoms with Gasteiger partial charge in [0, 0.05) is 44.2 Å². The summed E-state index contributed by atoms with van der Waals surface area (Å²) in [4.78, 5) is 15.3. The van der Waals surface area contributed by atoms with Crippen LogP contribution >= 0.6 is 11.3 Å². The van der Waals surface area contributed by atoms with Gasteiger partial charge in [-0.2, -0.15) is 15.1 Å². The van der Waals surface area contributed by atoms with Gasteiger partial charge in [-0.1, -0.05) is 11.3 Å². The largest absolute Gasteiger partial charge is 0.367 e. The molecule has 5 rings (SSSR count). The number of alkyl halides is 2. The van der Waals surface area contributed by atoms with E-state index in [0.29, 0.717) is 66.9 Å². The Morgan fingerprint density at radius 1 is 1.23 bits per heavy atom. The molecule has 2 aromatic heterocycles. The van der Waals surface area contributed by atoms with Crippen molar-refractivity contribution in [1.29, 1.82) is 5.26 Å². The molecule has 0 bridgehead atoms. The predicted octanol–water partition coefficient (Wildman–Crippen LogP) is 1.82. The first kappa shape index (κ1) is 23.5. The molecule has 3 aromatic rings. The fourth-order valence-corrected chi connectivity index (χ4v) is 6.08. The molecule has 0 spiro atoms. The SMILES string of the molecule is CC(=O)N1CCN(c2cc(S(=O)(=O)NC3(C#N)CC3)cc3c2cnn3-c2nnc(C(F)F)s2)CC1. The van der Waals surface area contributed by atoms with E-state index in [1.54, 1.807) is 4.90 Å². The van der Waals surface area contributed by atoms with Crippen molar-refractivity contribution in [2.45, 2.75) is 36.6 Å². The number of hydrogen-bond donors (Lipinski definition) is 1. The average molecular weight is 523 g/mol. The lowest BCUT2D eigenvalue weighted by molar-refractivity contribution is -0.129. The van der Waals surface area contributed by atoms with Gasteiger partial charge in [0.25, 0.3) is 6.43 Å². The third-order valence-corrected chi connectivity index (χ3v) is 8.53. The molecule has 0 radical (unpaired) electrons. The van der Waals surface area contributed by atoms with Crippen molar-refractivity contribution in [2.24, 2.45) is 0 Å². The van der Waals surface area contributed by atoms with Crippen molar-refractivity contribution < 1.29 is 22.0 Å². The van der Waals surface area contributed by atoms with Gasteiger partial charge in [0.15, 0.2) is 5.01 Å². The van der Waals surface area contributed by atoms with Crippen LogP contribution in [0.3, 0.4) is 0 Å². The molecular formula is C20H20F2N8O3S2. The van der Waals surface area contributed by atoms with E-state index in [-0.39, 0.29) is 15.9 Å². The second-order valence-electron chi connectivity index (χ2n) is 8.45. The van der Waals surface area contributed by atoms with E-state index >= 15 is 0 Å². The Morgan fingerprint density at radius 2 is 1.94 bits per heavy atom. The number of sulfonamides is 1. The molecule has 35 heavy (non-hydrogen) atoms. The van der Waals surface area contributed by atoms with Crippen LogP contribution in [0.15, 0.2) is 23.2 Å². The number of nitriles is 1. The van der Waals surface area contributed by atoms with E-state index in [4.69, 9.17) is 0 Å². The number of carbonyl (C=O) groups excluding carboxylic acids is 1. The first-order valence-electron chi connectivity index (χ1n) is 10.7. The zero-order valence-corrected chi connectivity index (χ0v) is 20.1. The molecule has 1 saturated heterocycles. The highest BCUT2D eigenvalue weighted by Gasteiger charge is 2.47. The molecular weight excluding hydrogens is 502 g/mol. The van der Waals surface area contributed by atoms with E-state index in [1.807, 2.05) is 11.0 Å². The second kappa shape index (κ2) is 8.47. The Kier molecular flexibility index (Phi) is 5.69. The van der Waals surface area contributed by atoms with E-state index in [9.17, 15) is 27.3 Å². The van der Waals surface area contributed by atoms with Gasteiger partial charge in [0.2, 0.25) is 21.1 Å². The summed E-state index contributed by atoms with van der Waals surface area (Å²) < 4.78 is 56.4. The summed E-state index contributed by atoms with van der Waals surface area (Å²) in [6.07, 6.45) is -0.432. The smallest absolute Gasteiger partial charge is 0.291 e. The van der Waals surface area contributed by atoms with Gasteiger partial charge in [-0.05, 0) is 25.0 Å². The van der Waals surface area contributed by atoms with Crippen molar-refractivity contribution >= 4 is 43.9 Å². The van der Waals surface area contributed by atoms with E-state index in [2.05, 4.69) is 20.0 Å². The lowest BCUT2D eigenvalue weighted by atomic mass is 10.1. The first-order valence-corrected chi connectivity index (χ1v) is 13.0. The molecule has 184 valence electrons. The number of fused-ring (bicyclic) bond motifs is 1. The average Bonchev–Trinajstić information content (AvgIpc) is 3.21. The zero-order valence-electron chi connectivity index (χ0n) is 18.5. The summed E-state index contributed by atoms with van der Waals surface area (Å²) in [5.74, 6) is -0.0412. The number of amides is 1. The third-order valence-electron chi connectivity index (χ3n) is 6.11. The minimum atomic E-state index is -4.09. The number of hydrogen-bond acceptors (Lipinski definition) is 9. The molecule has 15 heteroatoms. The quantitative estimate of drug-likeness (QED) is 0.518. The lowest BCUT2D eigenvalue weighted by Crippen LogP contribution is -2.48. The maximum absolute atomic E-state index is 13.2. The van der Waals surface area contributed by atoms with Crippen LogP contribution in [0.5, 0.6) is 0 Å². The fraction of sp³-hybridized carbons (Fsp3) is 0.450. The van der Waals surface area contributed by atoms with Crippen LogP contribution in [0.2, 0.25) is 0 Å². The van der Waals surface area contributed by atoms with Crippen LogP contribution in [-0.2, 0) is 14.8 Å². The van der Waals surface area contributed by atoms with Gasteiger partial charge in [-0.15, -0.1) is 10.2 Å². The minimum Gasteiger partial charge on any atom is -0.367 e. The van der Waals surface area contributed by atoms with Gasteiger partial charge in [0.1, 0.15) is 5.54 Å². The van der Waals surface area contributed by atoms with Crippen molar-refractivity contribution in [1.82, 2.24) is 29.6 Å². The van der Waals surface area contributed by atoms with Crippen molar-refractivity contribution in [2.75, 3.05) is 31.1 Å². The van der Waals surface area contributed by atoms with E-state index < -0.39 is 27.0 Å². The Hall–Kier alpha value is -3.22. The first-order chi connectivity index (χ1) is 16.6. The van der Waals surface area contributed by atoms with Crippen molar-refractivity contribution in [3.63, 3.8) is 0 Å². The Morgan fingerprint density at radius 3 is 2.51 bits per heavy atom. The number of aromatic nitrogens is 4. The monoisotopic (exact) mass is 522 g/mol. The van der Waals surface area contributed by atoms with E-state index in [0.717, 1.165) is 0 Å². The maximum Gasteiger partial charge on any atom is 0.291 e. The summed E-state index contributed by atoms with van der Waals surface area (Å²) >= 11 is 0.658. The third kappa shape index (κ3) is 4.32. The number of nitrogens with zero attached hydrogens (tertiary/aromatic N) is 7. The van der Waals surface area contributed by atoms with Gasteiger partial charge in [-0.25, -0.2) is 21.9 Å². The van der Waals surface area contributed by atoms with Crippen LogP contribution in [0.1, 0.15) is 31.2 Å². The summed E-state index contributed by atoms with van der Waals surface area (Å²) in [7, 11) is -4.09. The molecule has 2 fully saturated rings. The maximum atomic E-state index is 13.2. The van der Waals surface area contributed by atoms with Gasteiger partial charge < -0.3 is 9.80 Å². The van der Waals surface area contributed by atoms with Gasteiger partial charge in [0.05, 0.1) is 22.7 Å². The number of carbonyl (C=O) groups is 1. The molecule has 3 heterocycles. The summed E-state index contributed by atoms with van der Waals surface area (Å²) in [6.45, 7) is 3.35. The summed E-state index contributed by atoms with van der Waals surface area (Å²) in [5.41, 5.74) is -0.208. The number of nitrogens with one attached hydrogen (secondary N) is 1. The molecule has 2 aliphatic rings. The summed E-state index contributed by atoms with van der Waals surface area (Å²) in [6, 6.07) is 4.91. The van der Waals surface area contributed by atoms with Crippen LogP contribution < -0.4 is 9.62 Å². The number of anilines is 1. The molecule has 1 N–H and O–H groups in total. The van der Waals surface area contributed by atoms with Crippen LogP contribution in [0.25, 0.3) is 16.0 Å². The van der Waals surface area contributed by atoms with Crippen LogP contribution in [0.4, 0.5) is 14.5 Å². The summed E-state index contributed by atoms with van der Waals surface area (Å²) in [5, 5.41) is 21.1. The number of halogens is 2. The van der Waals surface area contributed by atoms with Crippen LogP contribution in [-0.4, -0.2) is 70.9 Å². The molecule has 1 aliphatic carbocycles. The van der Waals surface area contributed by atoms with Gasteiger partial charge >= 0.3 is 0 Å². The highest BCUT2D eigenvalue weighted by atomic mass is 32.2. The van der Waals surface area contributed by atoms with Crippen molar-refractivity contribution in [3.8, 4) is 11.2 Å². The van der Waals surface area contributed by atoms with Crippen LogP contribution in [0, 0.1) is 11.3 Å². The normalized spacial score (nSPS) is 17.7. The fourth-order valence-electron chi connectivity index (χ4n) is 3.99. The molecule has 1 aromatic carbocycles. The number of benzene rings is 1. The molecule has 11 nitrogen and oxygen atoms in total. The molecule has 0 atom stereocenters. The van der Waals surface area contributed by atoms with E-state index in [1.165, 1.54) is 29.9 Å². The Balaban J connectivity index is 1.61. The van der Waals surface area contributed by atoms with Gasteiger partial charge in [-0.3, -0.25) is 4.79 Å². The molecule has 1 saturated carbocycles. The Labute approximate surface area is 203 Å². The highest BCUT2D eigenvalue weighted by Crippen LogP contribution is 2.38.